The first kappa shape index (κ1) is 8.52. The molecule has 3 atom stereocenters. The molecule has 0 radical (unpaired) electrons. The predicted octanol–water partition coefficient (Wildman–Crippen LogP) is 1.57. The second-order valence-corrected chi connectivity index (χ2v) is 5.01. The van der Waals surface area contributed by atoms with Gasteiger partial charge in [0.2, 0.25) is 0 Å². The highest BCUT2D eigenvalue weighted by Crippen LogP contribution is 2.57. The van der Waals surface area contributed by atoms with Gasteiger partial charge in [-0.1, -0.05) is 13.8 Å². The maximum absolute atomic E-state index is 9.31. The van der Waals surface area contributed by atoms with Crippen LogP contribution in [0, 0.1) is 11.3 Å². The third kappa shape index (κ3) is 0.826. The van der Waals surface area contributed by atoms with Gasteiger partial charge in [-0.3, -0.25) is 0 Å². The van der Waals surface area contributed by atoms with Crippen LogP contribution < -0.4 is 0 Å². The number of aliphatic hydroxyl groups is 1. The van der Waals surface area contributed by atoms with Crippen molar-refractivity contribution in [2.45, 2.75) is 45.3 Å². The van der Waals surface area contributed by atoms with Crippen LogP contribution in [-0.2, 0) is 4.74 Å². The lowest BCUT2D eigenvalue weighted by atomic mass is 9.64. The minimum Gasteiger partial charge on any atom is -0.396 e. The van der Waals surface area contributed by atoms with Crippen molar-refractivity contribution >= 4 is 0 Å². The standard InChI is InChI=1S/C10H18O2/c1-9(2)7(6-11)10(3)5-4-8(9)12-10/h7-8,11H,4-6H2,1-3H3/t7-,8-,10+/m0/s1. The fourth-order valence-corrected chi connectivity index (χ4v) is 3.08. The number of fused-ring (bicyclic) bond motifs is 2. The lowest BCUT2D eigenvalue weighted by Gasteiger charge is -2.37. The van der Waals surface area contributed by atoms with E-state index in [0.717, 1.165) is 6.42 Å². The Kier molecular flexibility index (Phi) is 1.59. The van der Waals surface area contributed by atoms with Gasteiger partial charge in [0, 0.05) is 12.5 Å². The predicted molar refractivity (Wildman–Crippen MR) is 46.9 cm³/mol. The van der Waals surface area contributed by atoms with E-state index >= 15 is 0 Å². The first-order valence-electron chi connectivity index (χ1n) is 4.79. The zero-order valence-electron chi connectivity index (χ0n) is 8.13. The Morgan fingerprint density at radius 2 is 2.08 bits per heavy atom. The zero-order valence-corrected chi connectivity index (χ0v) is 8.13. The highest BCUT2D eigenvalue weighted by atomic mass is 16.5. The van der Waals surface area contributed by atoms with E-state index in [2.05, 4.69) is 20.8 Å². The molecule has 70 valence electrons. The molecule has 0 saturated carbocycles. The first-order chi connectivity index (χ1) is 5.50. The molecular weight excluding hydrogens is 152 g/mol. The molecular formula is C10H18O2. The summed E-state index contributed by atoms with van der Waals surface area (Å²) in [5, 5.41) is 9.31. The smallest absolute Gasteiger partial charge is 0.0715 e. The van der Waals surface area contributed by atoms with Gasteiger partial charge < -0.3 is 9.84 Å². The van der Waals surface area contributed by atoms with Crippen molar-refractivity contribution in [3.05, 3.63) is 0 Å². The topological polar surface area (TPSA) is 29.5 Å². The summed E-state index contributed by atoms with van der Waals surface area (Å²) < 4.78 is 5.92. The van der Waals surface area contributed by atoms with E-state index in [4.69, 9.17) is 4.74 Å². The largest absolute Gasteiger partial charge is 0.396 e. The van der Waals surface area contributed by atoms with Crippen molar-refractivity contribution < 1.29 is 9.84 Å². The van der Waals surface area contributed by atoms with Crippen LogP contribution in [0.1, 0.15) is 33.6 Å². The molecule has 2 fully saturated rings. The third-order valence-electron chi connectivity index (χ3n) is 3.96. The molecule has 0 amide bonds. The summed E-state index contributed by atoms with van der Waals surface area (Å²) in [6.45, 7) is 6.83. The Morgan fingerprint density at radius 1 is 1.42 bits per heavy atom. The molecule has 0 aliphatic carbocycles. The molecule has 2 rings (SSSR count). The minimum absolute atomic E-state index is 0.0388. The van der Waals surface area contributed by atoms with Crippen molar-refractivity contribution in [3.63, 3.8) is 0 Å². The Labute approximate surface area is 73.9 Å². The van der Waals surface area contributed by atoms with Gasteiger partial charge in [-0.2, -0.15) is 0 Å². The van der Waals surface area contributed by atoms with Gasteiger partial charge in [0.25, 0.3) is 0 Å². The maximum Gasteiger partial charge on any atom is 0.0715 e. The van der Waals surface area contributed by atoms with E-state index in [-0.39, 0.29) is 17.6 Å². The third-order valence-corrected chi connectivity index (χ3v) is 3.96. The number of rotatable bonds is 1. The SMILES string of the molecule is CC1(C)[C@@H]2CC[C@@](C)(O2)[C@H]1CO. The van der Waals surface area contributed by atoms with Crippen molar-refractivity contribution in [2.24, 2.45) is 11.3 Å². The molecule has 2 heterocycles. The molecule has 0 aromatic carbocycles. The highest BCUT2D eigenvalue weighted by molar-refractivity contribution is 5.08. The van der Waals surface area contributed by atoms with Crippen molar-refractivity contribution in [1.29, 1.82) is 0 Å². The summed E-state index contributed by atoms with van der Waals surface area (Å²) in [4.78, 5) is 0. The Hall–Kier alpha value is -0.0800. The Bertz CT molecular complexity index is 195. The van der Waals surface area contributed by atoms with E-state index in [0.29, 0.717) is 12.0 Å². The Morgan fingerprint density at radius 3 is 2.42 bits per heavy atom. The summed E-state index contributed by atoms with van der Waals surface area (Å²) in [7, 11) is 0. The normalized spacial score (nSPS) is 50.0. The lowest BCUT2D eigenvalue weighted by molar-refractivity contribution is -0.00545. The summed E-state index contributed by atoms with van der Waals surface area (Å²) in [5.74, 6) is 0.323. The van der Waals surface area contributed by atoms with Gasteiger partial charge in [-0.15, -0.1) is 0 Å². The van der Waals surface area contributed by atoms with Gasteiger partial charge in [0.1, 0.15) is 0 Å². The van der Waals surface area contributed by atoms with Gasteiger partial charge in [0.15, 0.2) is 0 Å². The molecule has 2 aliphatic heterocycles. The Balaban J connectivity index is 2.31. The maximum atomic E-state index is 9.31. The highest BCUT2D eigenvalue weighted by Gasteiger charge is 2.60. The molecule has 2 bridgehead atoms. The van der Waals surface area contributed by atoms with Gasteiger partial charge >= 0.3 is 0 Å². The second-order valence-electron chi connectivity index (χ2n) is 5.01. The zero-order chi connectivity index (χ0) is 8.98. The van der Waals surface area contributed by atoms with Crippen LogP contribution in [0.5, 0.6) is 0 Å². The monoisotopic (exact) mass is 170 g/mol. The summed E-state index contributed by atoms with van der Waals surface area (Å²) in [6.07, 6.45) is 2.66. The summed E-state index contributed by atoms with van der Waals surface area (Å²) >= 11 is 0. The molecule has 2 nitrogen and oxygen atoms in total. The van der Waals surface area contributed by atoms with E-state index in [1.807, 2.05) is 0 Å². The van der Waals surface area contributed by atoms with Crippen molar-refractivity contribution in [3.8, 4) is 0 Å². The van der Waals surface area contributed by atoms with Crippen LogP contribution in [0.3, 0.4) is 0 Å². The van der Waals surface area contributed by atoms with Crippen LogP contribution >= 0.6 is 0 Å². The van der Waals surface area contributed by atoms with Crippen LogP contribution in [0.4, 0.5) is 0 Å². The van der Waals surface area contributed by atoms with Crippen LogP contribution in [0.2, 0.25) is 0 Å². The molecule has 2 saturated heterocycles. The fraction of sp³-hybridized carbons (Fsp3) is 1.00. The number of hydrogen-bond acceptors (Lipinski definition) is 2. The van der Waals surface area contributed by atoms with E-state index < -0.39 is 0 Å². The van der Waals surface area contributed by atoms with Crippen LogP contribution in [0.15, 0.2) is 0 Å². The summed E-state index contributed by atoms with van der Waals surface area (Å²) in [5.41, 5.74) is 0.130. The molecule has 0 spiro atoms. The van der Waals surface area contributed by atoms with Crippen LogP contribution in [0.25, 0.3) is 0 Å². The molecule has 2 aliphatic rings. The quantitative estimate of drug-likeness (QED) is 0.647. The molecule has 0 aromatic rings. The van der Waals surface area contributed by atoms with Gasteiger partial charge in [-0.25, -0.2) is 0 Å². The summed E-state index contributed by atoms with van der Waals surface area (Å²) in [6, 6.07) is 0. The first-order valence-corrected chi connectivity index (χ1v) is 4.79. The van der Waals surface area contributed by atoms with E-state index in [1.54, 1.807) is 0 Å². The van der Waals surface area contributed by atoms with E-state index in [1.165, 1.54) is 6.42 Å². The van der Waals surface area contributed by atoms with Crippen molar-refractivity contribution in [1.82, 2.24) is 0 Å². The van der Waals surface area contributed by atoms with Gasteiger partial charge in [0.05, 0.1) is 11.7 Å². The second kappa shape index (κ2) is 2.24. The van der Waals surface area contributed by atoms with E-state index in [9.17, 15) is 5.11 Å². The molecule has 0 unspecified atom stereocenters. The van der Waals surface area contributed by atoms with Crippen molar-refractivity contribution in [2.75, 3.05) is 6.61 Å². The molecule has 2 heteroatoms. The minimum atomic E-state index is -0.0388. The number of hydrogen-bond donors (Lipinski definition) is 1. The van der Waals surface area contributed by atoms with Gasteiger partial charge in [-0.05, 0) is 25.2 Å². The molecule has 1 N–H and O–H groups in total. The number of ether oxygens (including phenoxy) is 1. The molecule has 12 heavy (non-hydrogen) atoms. The van der Waals surface area contributed by atoms with Crippen LogP contribution in [-0.4, -0.2) is 23.4 Å². The number of aliphatic hydroxyl groups excluding tert-OH is 1. The fourth-order valence-electron chi connectivity index (χ4n) is 3.08. The lowest BCUT2D eigenvalue weighted by Crippen LogP contribution is -2.42. The average molecular weight is 170 g/mol. The molecule has 0 aromatic heterocycles. The average Bonchev–Trinajstić information content (AvgIpc) is 2.39.